The molecule has 2 N–H and O–H groups in total. The van der Waals surface area contributed by atoms with E-state index in [-0.39, 0.29) is 11.7 Å². The van der Waals surface area contributed by atoms with Crippen LogP contribution in [0.1, 0.15) is 28.3 Å². The van der Waals surface area contributed by atoms with E-state index in [2.05, 4.69) is 12.1 Å². The lowest BCUT2D eigenvalue weighted by Gasteiger charge is -2.04. The normalized spacial score (nSPS) is 21.1. The van der Waals surface area contributed by atoms with Crippen molar-refractivity contribution in [2.75, 3.05) is 5.73 Å². The van der Waals surface area contributed by atoms with Crippen LogP contribution in [0.25, 0.3) is 0 Å². The number of halogens is 1. The summed E-state index contributed by atoms with van der Waals surface area (Å²) in [7, 11) is 0. The molecule has 0 spiro atoms. The van der Waals surface area contributed by atoms with Crippen LogP contribution < -0.4 is 5.73 Å². The molecule has 1 aliphatic carbocycles. The van der Waals surface area contributed by atoms with E-state index in [0.717, 1.165) is 6.42 Å². The molecule has 1 saturated carbocycles. The maximum Gasteiger partial charge on any atom is 0.168 e. The zero-order valence-electron chi connectivity index (χ0n) is 10.3. The molecule has 19 heavy (non-hydrogen) atoms. The lowest BCUT2D eigenvalue weighted by Crippen LogP contribution is -2.04. The quantitative estimate of drug-likeness (QED) is 0.679. The second-order valence-corrected chi connectivity index (χ2v) is 5.37. The molecule has 0 amide bonds. The predicted octanol–water partition coefficient (Wildman–Crippen LogP) is 3.91. The summed E-state index contributed by atoms with van der Waals surface area (Å²) < 4.78 is 0. The largest absolute Gasteiger partial charge is 0.399 e. The van der Waals surface area contributed by atoms with Crippen LogP contribution in [0, 0.1) is 5.92 Å². The Hall–Kier alpha value is -1.80. The minimum Gasteiger partial charge on any atom is -0.399 e. The summed E-state index contributed by atoms with van der Waals surface area (Å²) in [6, 6.07) is 15.2. The van der Waals surface area contributed by atoms with Crippen LogP contribution in [-0.4, -0.2) is 5.78 Å². The Balaban J connectivity index is 1.80. The number of Topliss-reactive ketones (excluding diaryl/α,β-unsaturated/α-hetero) is 1. The molecular weight excluding hydrogens is 258 g/mol. The van der Waals surface area contributed by atoms with E-state index >= 15 is 0 Å². The molecule has 0 aliphatic heterocycles. The van der Waals surface area contributed by atoms with Crippen molar-refractivity contribution >= 4 is 23.1 Å². The molecule has 2 aromatic carbocycles. The molecule has 0 bridgehead atoms. The van der Waals surface area contributed by atoms with Gasteiger partial charge in [0.05, 0.1) is 5.02 Å². The van der Waals surface area contributed by atoms with Crippen LogP contribution in [0.4, 0.5) is 5.69 Å². The maximum atomic E-state index is 12.4. The monoisotopic (exact) mass is 271 g/mol. The number of anilines is 1. The van der Waals surface area contributed by atoms with Gasteiger partial charge in [0.1, 0.15) is 0 Å². The van der Waals surface area contributed by atoms with E-state index in [4.69, 9.17) is 17.3 Å². The highest BCUT2D eigenvalue weighted by atomic mass is 35.5. The number of hydrogen-bond donors (Lipinski definition) is 1. The van der Waals surface area contributed by atoms with Gasteiger partial charge in [-0.15, -0.1) is 0 Å². The molecular formula is C16H14ClNO. The summed E-state index contributed by atoms with van der Waals surface area (Å²) in [6.07, 6.45) is 0.906. The Labute approximate surface area is 117 Å². The first-order valence-corrected chi connectivity index (χ1v) is 6.69. The first kappa shape index (κ1) is 12.2. The molecule has 0 saturated heterocycles. The van der Waals surface area contributed by atoms with E-state index in [1.165, 1.54) is 5.56 Å². The van der Waals surface area contributed by atoms with Crippen LogP contribution in [0.3, 0.4) is 0 Å². The van der Waals surface area contributed by atoms with Crippen LogP contribution in [-0.2, 0) is 0 Å². The number of ketones is 1. The summed E-state index contributed by atoms with van der Waals surface area (Å²) in [5, 5.41) is 0.448. The van der Waals surface area contributed by atoms with E-state index in [1.807, 2.05) is 18.2 Å². The van der Waals surface area contributed by atoms with Gasteiger partial charge in [0.25, 0.3) is 0 Å². The fourth-order valence-electron chi connectivity index (χ4n) is 2.48. The molecule has 0 heterocycles. The van der Waals surface area contributed by atoms with Gasteiger partial charge in [-0.1, -0.05) is 41.9 Å². The molecule has 2 nitrogen and oxygen atoms in total. The Morgan fingerprint density at radius 3 is 2.58 bits per heavy atom. The summed E-state index contributed by atoms with van der Waals surface area (Å²) in [5.74, 6) is 0.518. The van der Waals surface area contributed by atoms with Crippen molar-refractivity contribution in [1.29, 1.82) is 0 Å². The lowest BCUT2D eigenvalue weighted by molar-refractivity contribution is 0.0965. The Morgan fingerprint density at radius 2 is 1.89 bits per heavy atom. The van der Waals surface area contributed by atoms with Crippen molar-refractivity contribution in [2.24, 2.45) is 5.92 Å². The topological polar surface area (TPSA) is 43.1 Å². The molecule has 2 aromatic rings. The number of nitrogen functional groups attached to an aromatic ring is 1. The first-order valence-electron chi connectivity index (χ1n) is 6.31. The number of benzene rings is 2. The van der Waals surface area contributed by atoms with Gasteiger partial charge in [0, 0.05) is 17.2 Å². The van der Waals surface area contributed by atoms with Gasteiger partial charge in [-0.2, -0.15) is 0 Å². The maximum absolute atomic E-state index is 12.4. The van der Waals surface area contributed by atoms with Crippen molar-refractivity contribution in [2.45, 2.75) is 12.3 Å². The minimum absolute atomic E-state index is 0.0588. The third-order valence-corrected chi connectivity index (χ3v) is 3.93. The van der Waals surface area contributed by atoms with E-state index in [9.17, 15) is 4.79 Å². The van der Waals surface area contributed by atoms with E-state index in [1.54, 1.807) is 18.2 Å². The Morgan fingerprint density at radius 1 is 1.16 bits per heavy atom. The Bertz CT molecular complexity index is 624. The van der Waals surface area contributed by atoms with Crippen molar-refractivity contribution in [1.82, 2.24) is 0 Å². The van der Waals surface area contributed by atoms with Crippen LogP contribution in [0.15, 0.2) is 48.5 Å². The molecule has 2 atom stereocenters. The van der Waals surface area contributed by atoms with Gasteiger partial charge >= 0.3 is 0 Å². The summed E-state index contributed by atoms with van der Waals surface area (Å²) in [4.78, 5) is 12.4. The van der Waals surface area contributed by atoms with Crippen molar-refractivity contribution < 1.29 is 4.79 Å². The highest BCUT2D eigenvalue weighted by Crippen LogP contribution is 2.49. The number of carbonyl (C=O) groups is 1. The van der Waals surface area contributed by atoms with Crippen LogP contribution in [0.5, 0.6) is 0 Å². The third-order valence-electron chi connectivity index (χ3n) is 3.61. The molecule has 1 aliphatic rings. The van der Waals surface area contributed by atoms with Gasteiger partial charge in [0.15, 0.2) is 5.78 Å². The van der Waals surface area contributed by atoms with E-state index in [0.29, 0.717) is 22.2 Å². The predicted molar refractivity (Wildman–Crippen MR) is 77.5 cm³/mol. The smallest absolute Gasteiger partial charge is 0.168 e. The third kappa shape index (κ3) is 2.36. The number of rotatable bonds is 3. The lowest BCUT2D eigenvalue weighted by atomic mass is 10.0. The first-order chi connectivity index (χ1) is 9.16. The SMILES string of the molecule is Nc1ccc(C(=O)C2CC2c2ccccc2)c(Cl)c1. The Kier molecular flexibility index (Phi) is 3.03. The highest BCUT2D eigenvalue weighted by Gasteiger charge is 2.44. The van der Waals surface area contributed by atoms with Crippen LogP contribution in [0.2, 0.25) is 5.02 Å². The molecule has 96 valence electrons. The van der Waals surface area contributed by atoms with Gasteiger partial charge < -0.3 is 5.73 Å². The van der Waals surface area contributed by atoms with Gasteiger partial charge in [-0.25, -0.2) is 0 Å². The second-order valence-electron chi connectivity index (χ2n) is 4.96. The fraction of sp³-hybridized carbons (Fsp3) is 0.188. The molecule has 0 aromatic heterocycles. The second kappa shape index (κ2) is 4.71. The zero-order valence-corrected chi connectivity index (χ0v) is 11.1. The standard InChI is InChI=1S/C16H14ClNO/c17-15-8-11(18)6-7-12(15)16(19)14-9-13(14)10-4-2-1-3-5-10/h1-8,13-14H,9,18H2. The molecule has 0 radical (unpaired) electrons. The average Bonchev–Trinajstić information content (AvgIpc) is 3.19. The minimum atomic E-state index is 0.0588. The van der Waals surface area contributed by atoms with Crippen LogP contribution >= 0.6 is 11.6 Å². The summed E-state index contributed by atoms with van der Waals surface area (Å²) in [5.41, 5.74) is 8.03. The van der Waals surface area contributed by atoms with E-state index < -0.39 is 0 Å². The zero-order chi connectivity index (χ0) is 13.4. The summed E-state index contributed by atoms with van der Waals surface area (Å²) in [6.45, 7) is 0. The molecule has 3 rings (SSSR count). The number of nitrogens with two attached hydrogens (primary N) is 1. The summed E-state index contributed by atoms with van der Waals surface area (Å²) >= 11 is 6.09. The highest BCUT2D eigenvalue weighted by molar-refractivity contribution is 6.34. The average molecular weight is 272 g/mol. The van der Waals surface area contributed by atoms with Gasteiger partial charge in [0.2, 0.25) is 0 Å². The van der Waals surface area contributed by atoms with Crippen molar-refractivity contribution in [3.63, 3.8) is 0 Å². The molecule has 1 fully saturated rings. The number of hydrogen-bond acceptors (Lipinski definition) is 2. The van der Waals surface area contributed by atoms with Crippen molar-refractivity contribution in [3.05, 3.63) is 64.7 Å². The van der Waals surface area contributed by atoms with Gasteiger partial charge in [-0.05, 0) is 36.1 Å². The molecule has 3 heteroatoms. The fourth-order valence-corrected chi connectivity index (χ4v) is 2.77. The van der Waals surface area contributed by atoms with Gasteiger partial charge in [-0.3, -0.25) is 4.79 Å². The number of carbonyl (C=O) groups excluding carboxylic acids is 1. The van der Waals surface area contributed by atoms with Crippen molar-refractivity contribution in [3.8, 4) is 0 Å². The molecule has 2 unspecified atom stereocenters.